The van der Waals surface area contributed by atoms with Gasteiger partial charge in [-0.15, -0.1) is 0 Å². The molecule has 2 N–H and O–H groups in total. The first-order chi connectivity index (χ1) is 13.5. The molecular weight excluding hydrogens is 356 g/mol. The fourth-order valence-electron chi connectivity index (χ4n) is 4.44. The minimum atomic E-state index is -0.485. The zero-order valence-corrected chi connectivity index (χ0v) is 16.0. The van der Waals surface area contributed by atoms with Crippen molar-refractivity contribution in [2.45, 2.75) is 38.1 Å². The Kier molecular flexibility index (Phi) is 4.82. The maximum Gasteiger partial charge on any atom is 0.252 e. The van der Waals surface area contributed by atoms with Gasteiger partial charge in [0.05, 0.1) is 18.2 Å². The summed E-state index contributed by atoms with van der Waals surface area (Å²) in [6.45, 7) is 4.30. The summed E-state index contributed by atoms with van der Waals surface area (Å²) in [4.78, 5) is 28.5. The molecule has 2 amide bonds. The van der Waals surface area contributed by atoms with Crippen LogP contribution >= 0.6 is 0 Å². The number of hydrogen-bond donors (Lipinski definition) is 1. The van der Waals surface area contributed by atoms with E-state index in [9.17, 15) is 14.9 Å². The fraction of sp³-hybridized carbons (Fsp3) is 0.476. The first kappa shape index (κ1) is 18.5. The van der Waals surface area contributed by atoms with Gasteiger partial charge in [0.1, 0.15) is 17.4 Å². The molecule has 2 aromatic rings. The molecule has 3 heterocycles. The molecule has 146 valence electrons. The van der Waals surface area contributed by atoms with E-state index in [4.69, 9.17) is 10.2 Å². The van der Waals surface area contributed by atoms with E-state index in [0.29, 0.717) is 36.5 Å². The highest BCUT2D eigenvalue weighted by atomic mass is 16.3. The van der Waals surface area contributed by atoms with Gasteiger partial charge in [0.2, 0.25) is 5.91 Å². The number of nitriles is 1. The number of nitrogens with two attached hydrogens (primary N) is 1. The number of carbonyl (C=O) groups excluding carboxylic acids is 2. The Balaban J connectivity index is 1.51. The highest BCUT2D eigenvalue weighted by Crippen LogP contribution is 2.36. The van der Waals surface area contributed by atoms with Gasteiger partial charge in [-0.1, -0.05) is 12.1 Å². The number of fused-ring (bicyclic) bond motifs is 1. The summed E-state index contributed by atoms with van der Waals surface area (Å²) in [5.74, 6) is 0.161. The van der Waals surface area contributed by atoms with E-state index < -0.39 is 5.91 Å². The molecule has 2 saturated heterocycles. The van der Waals surface area contributed by atoms with Crippen molar-refractivity contribution < 1.29 is 14.0 Å². The van der Waals surface area contributed by atoms with E-state index in [0.717, 1.165) is 36.8 Å². The Bertz CT molecular complexity index is 974. The number of amides is 2. The number of rotatable bonds is 4. The zero-order chi connectivity index (χ0) is 19.8. The molecule has 7 heteroatoms. The van der Waals surface area contributed by atoms with Crippen LogP contribution in [0.3, 0.4) is 0 Å². The molecule has 1 aromatic carbocycles. The topological polar surface area (TPSA) is 104 Å². The fourth-order valence-corrected chi connectivity index (χ4v) is 4.44. The summed E-state index contributed by atoms with van der Waals surface area (Å²) < 4.78 is 6.05. The molecule has 0 spiro atoms. The summed E-state index contributed by atoms with van der Waals surface area (Å²) >= 11 is 0. The van der Waals surface area contributed by atoms with Gasteiger partial charge in [0.25, 0.3) is 5.91 Å². The van der Waals surface area contributed by atoms with E-state index in [-0.39, 0.29) is 17.9 Å². The van der Waals surface area contributed by atoms with Crippen LogP contribution in [0.5, 0.6) is 0 Å². The monoisotopic (exact) mass is 380 g/mol. The van der Waals surface area contributed by atoms with Crippen molar-refractivity contribution in [3.63, 3.8) is 0 Å². The second-order valence-electron chi connectivity index (χ2n) is 7.80. The van der Waals surface area contributed by atoms with E-state index in [2.05, 4.69) is 11.0 Å². The Morgan fingerprint density at radius 1 is 1.32 bits per heavy atom. The van der Waals surface area contributed by atoms with Crippen LogP contribution in [-0.2, 0) is 4.79 Å². The van der Waals surface area contributed by atoms with E-state index in [1.54, 1.807) is 4.90 Å². The number of carbonyl (C=O) groups is 2. The van der Waals surface area contributed by atoms with Gasteiger partial charge in [-0.05, 0) is 44.4 Å². The van der Waals surface area contributed by atoms with Crippen LogP contribution in [0.25, 0.3) is 11.0 Å². The van der Waals surface area contributed by atoms with Crippen LogP contribution in [0.1, 0.15) is 46.9 Å². The van der Waals surface area contributed by atoms with E-state index >= 15 is 0 Å². The number of likely N-dealkylation sites (tertiary alicyclic amines) is 2. The van der Waals surface area contributed by atoms with E-state index in [1.165, 1.54) is 0 Å². The van der Waals surface area contributed by atoms with Gasteiger partial charge < -0.3 is 15.1 Å². The van der Waals surface area contributed by atoms with E-state index in [1.807, 2.05) is 25.1 Å². The van der Waals surface area contributed by atoms with Crippen LogP contribution in [0.15, 0.2) is 22.6 Å². The summed E-state index contributed by atoms with van der Waals surface area (Å²) in [5, 5.41) is 9.94. The molecule has 2 fully saturated rings. The Labute approximate surface area is 163 Å². The van der Waals surface area contributed by atoms with Gasteiger partial charge in [0, 0.05) is 24.4 Å². The lowest BCUT2D eigenvalue weighted by atomic mass is 9.99. The minimum absolute atomic E-state index is 0.0000514. The molecule has 28 heavy (non-hydrogen) atoms. The largest absolute Gasteiger partial charge is 0.460 e. The maximum atomic E-state index is 12.6. The maximum absolute atomic E-state index is 12.6. The number of primary amides is 1. The summed E-state index contributed by atoms with van der Waals surface area (Å²) in [6.07, 6.45) is 2.44. The Morgan fingerprint density at radius 2 is 2.14 bits per heavy atom. The number of furan rings is 1. The molecule has 0 unspecified atom stereocenters. The molecule has 0 bridgehead atoms. The van der Waals surface area contributed by atoms with Gasteiger partial charge in [-0.25, -0.2) is 0 Å². The van der Waals surface area contributed by atoms with Crippen molar-refractivity contribution in [3.05, 3.63) is 35.1 Å². The van der Waals surface area contributed by atoms with Crippen LogP contribution < -0.4 is 5.73 Å². The number of benzene rings is 1. The van der Waals surface area contributed by atoms with Crippen LogP contribution in [0.2, 0.25) is 0 Å². The first-order valence-electron chi connectivity index (χ1n) is 9.72. The molecule has 2 aliphatic heterocycles. The van der Waals surface area contributed by atoms with Crippen molar-refractivity contribution >= 4 is 22.8 Å². The second-order valence-corrected chi connectivity index (χ2v) is 7.80. The lowest BCUT2D eigenvalue weighted by Gasteiger charge is -2.23. The van der Waals surface area contributed by atoms with Crippen molar-refractivity contribution in [1.82, 2.24) is 9.80 Å². The summed E-state index contributed by atoms with van der Waals surface area (Å²) in [6, 6.07) is 7.65. The Morgan fingerprint density at radius 3 is 2.89 bits per heavy atom. The molecule has 0 radical (unpaired) electrons. The SMILES string of the molecule is Cc1ccc2c(C(N)=O)c([C@H]3CCN(CC(=O)N4CCC[C@H]4C#N)C3)oc2c1. The Hall–Kier alpha value is -2.85. The van der Waals surface area contributed by atoms with Crippen LogP contribution in [0, 0.1) is 18.3 Å². The molecule has 0 aliphatic carbocycles. The van der Waals surface area contributed by atoms with Crippen molar-refractivity contribution in [3.8, 4) is 6.07 Å². The van der Waals surface area contributed by atoms with Gasteiger partial charge in [-0.2, -0.15) is 5.26 Å². The quantitative estimate of drug-likeness (QED) is 0.875. The average molecular weight is 380 g/mol. The number of aryl methyl sites for hydroxylation is 1. The predicted molar refractivity (Wildman–Crippen MR) is 104 cm³/mol. The third-order valence-corrected chi connectivity index (χ3v) is 5.84. The molecule has 7 nitrogen and oxygen atoms in total. The van der Waals surface area contributed by atoms with Gasteiger partial charge in [-0.3, -0.25) is 14.5 Å². The van der Waals surface area contributed by atoms with Gasteiger partial charge >= 0.3 is 0 Å². The van der Waals surface area contributed by atoms with Crippen LogP contribution in [0.4, 0.5) is 0 Å². The smallest absolute Gasteiger partial charge is 0.252 e. The molecule has 2 atom stereocenters. The molecule has 4 rings (SSSR count). The minimum Gasteiger partial charge on any atom is -0.460 e. The van der Waals surface area contributed by atoms with Gasteiger partial charge in [0.15, 0.2) is 0 Å². The number of hydrogen-bond acceptors (Lipinski definition) is 5. The third-order valence-electron chi connectivity index (χ3n) is 5.84. The third kappa shape index (κ3) is 3.25. The highest BCUT2D eigenvalue weighted by molar-refractivity contribution is 6.06. The zero-order valence-electron chi connectivity index (χ0n) is 16.0. The molecule has 2 aliphatic rings. The standard InChI is InChI=1S/C21H24N4O3/c1-13-4-5-16-17(9-13)28-20(19(16)21(23)27)14-6-8-24(11-14)12-18(26)25-7-2-3-15(25)10-22/h4-5,9,14-15H,2-3,6-8,11-12H2,1H3,(H2,23,27)/t14-,15-/m0/s1. The normalized spacial score (nSPS) is 22.6. The van der Waals surface area contributed by atoms with Crippen molar-refractivity contribution in [1.29, 1.82) is 5.26 Å². The lowest BCUT2D eigenvalue weighted by molar-refractivity contribution is -0.132. The summed E-state index contributed by atoms with van der Waals surface area (Å²) in [5.41, 5.74) is 7.84. The highest BCUT2D eigenvalue weighted by Gasteiger charge is 2.34. The molecule has 0 saturated carbocycles. The van der Waals surface area contributed by atoms with Crippen LogP contribution in [-0.4, -0.2) is 53.8 Å². The predicted octanol–water partition coefficient (Wildman–Crippen LogP) is 2.14. The van der Waals surface area contributed by atoms with Crippen molar-refractivity contribution in [2.75, 3.05) is 26.2 Å². The molecule has 1 aromatic heterocycles. The average Bonchev–Trinajstić information content (AvgIpc) is 3.38. The number of nitrogens with zero attached hydrogens (tertiary/aromatic N) is 3. The second kappa shape index (κ2) is 7.28. The van der Waals surface area contributed by atoms with Crippen molar-refractivity contribution in [2.24, 2.45) is 5.73 Å². The summed E-state index contributed by atoms with van der Waals surface area (Å²) in [7, 11) is 0. The first-order valence-corrected chi connectivity index (χ1v) is 9.72. The molecular formula is C21H24N4O3. The lowest BCUT2D eigenvalue weighted by Crippen LogP contribution is -2.41.